The summed E-state index contributed by atoms with van der Waals surface area (Å²) < 4.78 is 36.9. The molecule has 4 nitrogen and oxygen atoms in total. The van der Waals surface area contributed by atoms with Crippen LogP contribution in [-0.4, -0.2) is 36.0 Å². The largest absolute Gasteiger partial charge is 0.405 e. The van der Waals surface area contributed by atoms with E-state index in [1.165, 1.54) is 12.3 Å². The number of aliphatic hydroxyl groups excluding tert-OH is 1. The maximum absolute atomic E-state index is 12.3. The number of hydrogen-bond acceptors (Lipinski definition) is 4. The van der Waals surface area contributed by atoms with Gasteiger partial charge in [0.2, 0.25) is 0 Å². The van der Waals surface area contributed by atoms with E-state index < -0.39 is 12.7 Å². The first-order valence-electron chi connectivity index (χ1n) is 5.04. The molecule has 0 fully saturated rings. The van der Waals surface area contributed by atoms with Gasteiger partial charge < -0.3 is 15.7 Å². The van der Waals surface area contributed by atoms with Gasteiger partial charge in [-0.05, 0) is 12.1 Å². The molecule has 0 aliphatic rings. The van der Waals surface area contributed by atoms with E-state index in [1.807, 2.05) is 0 Å². The summed E-state index contributed by atoms with van der Waals surface area (Å²) in [6.45, 7) is -1.32. The van der Waals surface area contributed by atoms with Gasteiger partial charge in [-0.1, -0.05) is 0 Å². The summed E-state index contributed by atoms with van der Waals surface area (Å²) in [7, 11) is 0. The molecule has 1 rings (SSSR count). The Balaban J connectivity index is 2.81. The zero-order chi connectivity index (χ0) is 12.9. The molecule has 0 atom stereocenters. The van der Waals surface area contributed by atoms with Crippen LogP contribution in [0.15, 0.2) is 18.3 Å². The predicted octanol–water partition coefficient (Wildman–Crippen LogP) is 0.901. The van der Waals surface area contributed by atoms with Crippen molar-refractivity contribution in [2.45, 2.75) is 12.7 Å². The van der Waals surface area contributed by atoms with Gasteiger partial charge in [0.15, 0.2) is 0 Å². The van der Waals surface area contributed by atoms with E-state index in [4.69, 9.17) is 10.8 Å². The number of aromatic nitrogens is 1. The summed E-state index contributed by atoms with van der Waals surface area (Å²) in [5.74, 6) is 0. The highest BCUT2D eigenvalue weighted by Gasteiger charge is 2.30. The smallest absolute Gasteiger partial charge is 0.395 e. The molecule has 0 amide bonds. The normalized spacial score (nSPS) is 11.6. The van der Waals surface area contributed by atoms with E-state index >= 15 is 0 Å². The van der Waals surface area contributed by atoms with Crippen LogP contribution in [-0.2, 0) is 6.54 Å². The number of anilines is 1. The van der Waals surface area contributed by atoms with Crippen molar-refractivity contribution in [1.82, 2.24) is 4.98 Å². The molecule has 7 heteroatoms. The van der Waals surface area contributed by atoms with Crippen molar-refractivity contribution in [1.29, 1.82) is 0 Å². The fourth-order valence-corrected chi connectivity index (χ4v) is 1.36. The molecule has 96 valence electrons. The lowest BCUT2D eigenvalue weighted by Crippen LogP contribution is -2.36. The van der Waals surface area contributed by atoms with Crippen LogP contribution in [0.4, 0.5) is 18.9 Å². The summed E-state index contributed by atoms with van der Waals surface area (Å²) in [5, 5.41) is 8.75. The molecule has 0 aromatic carbocycles. The van der Waals surface area contributed by atoms with Crippen molar-refractivity contribution < 1.29 is 18.3 Å². The molecule has 1 aromatic rings. The van der Waals surface area contributed by atoms with Gasteiger partial charge >= 0.3 is 6.18 Å². The van der Waals surface area contributed by atoms with Gasteiger partial charge in [-0.2, -0.15) is 13.2 Å². The molecule has 0 saturated carbocycles. The van der Waals surface area contributed by atoms with Crippen LogP contribution in [0.2, 0.25) is 0 Å². The molecule has 17 heavy (non-hydrogen) atoms. The highest BCUT2D eigenvalue weighted by Crippen LogP contribution is 2.21. The molecule has 0 radical (unpaired) electrons. The first-order valence-corrected chi connectivity index (χ1v) is 5.04. The van der Waals surface area contributed by atoms with Gasteiger partial charge in [0.05, 0.1) is 24.2 Å². The Morgan fingerprint density at radius 1 is 1.35 bits per heavy atom. The van der Waals surface area contributed by atoms with Gasteiger partial charge in [-0.3, -0.25) is 4.98 Å². The Hall–Kier alpha value is -1.34. The van der Waals surface area contributed by atoms with Crippen LogP contribution in [0.5, 0.6) is 0 Å². The Bertz CT molecular complexity index is 340. The fourth-order valence-electron chi connectivity index (χ4n) is 1.36. The highest BCUT2D eigenvalue weighted by molar-refractivity contribution is 5.44. The average Bonchev–Trinajstić information content (AvgIpc) is 2.27. The van der Waals surface area contributed by atoms with E-state index in [9.17, 15) is 13.2 Å². The van der Waals surface area contributed by atoms with Gasteiger partial charge in [0, 0.05) is 13.1 Å². The summed E-state index contributed by atoms with van der Waals surface area (Å²) >= 11 is 0. The molecular formula is C10H14F3N3O. The standard InChI is InChI=1S/C10H14F3N3O/c11-10(12,13)7-16(3-4-17)9-2-1-8(5-14)15-6-9/h1-2,6,17H,3-5,7,14H2. The van der Waals surface area contributed by atoms with Crippen molar-refractivity contribution in [3.63, 3.8) is 0 Å². The monoisotopic (exact) mass is 249 g/mol. The maximum Gasteiger partial charge on any atom is 0.405 e. The number of halogens is 3. The van der Waals surface area contributed by atoms with Crippen molar-refractivity contribution >= 4 is 5.69 Å². The highest BCUT2D eigenvalue weighted by atomic mass is 19.4. The number of alkyl halides is 3. The zero-order valence-corrected chi connectivity index (χ0v) is 9.11. The molecule has 0 spiro atoms. The molecule has 0 unspecified atom stereocenters. The van der Waals surface area contributed by atoms with Crippen LogP contribution in [0, 0.1) is 0 Å². The third-order valence-corrected chi connectivity index (χ3v) is 2.12. The minimum Gasteiger partial charge on any atom is -0.395 e. The first-order chi connectivity index (χ1) is 7.96. The molecule has 0 aliphatic carbocycles. The third kappa shape index (κ3) is 4.58. The minimum absolute atomic E-state index is 0.0941. The van der Waals surface area contributed by atoms with E-state index in [-0.39, 0.29) is 19.7 Å². The lowest BCUT2D eigenvalue weighted by Gasteiger charge is -2.24. The second-order valence-corrected chi connectivity index (χ2v) is 3.47. The molecule has 3 N–H and O–H groups in total. The number of aliphatic hydroxyl groups is 1. The van der Waals surface area contributed by atoms with Crippen LogP contribution in [0.1, 0.15) is 5.69 Å². The fraction of sp³-hybridized carbons (Fsp3) is 0.500. The Kier molecular flexibility index (Phi) is 4.71. The summed E-state index contributed by atoms with van der Waals surface area (Å²) in [6, 6.07) is 3.08. The molecule has 0 aliphatic heterocycles. The number of nitrogens with two attached hydrogens (primary N) is 1. The van der Waals surface area contributed by atoms with Crippen molar-refractivity contribution in [2.75, 3.05) is 24.6 Å². The second kappa shape index (κ2) is 5.83. The quantitative estimate of drug-likeness (QED) is 0.814. The van der Waals surface area contributed by atoms with Gasteiger partial charge in [-0.25, -0.2) is 0 Å². The second-order valence-electron chi connectivity index (χ2n) is 3.47. The van der Waals surface area contributed by atoms with Crippen LogP contribution >= 0.6 is 0 Å². The van der Waals surface area contributed by atoms with Crippen LogP contribution in [0.3, 0.4) is 0 Å². The molecule has 1 aromatic heterocycles. The van der Waals surface area contributed by atoms with Crippen LogP contribution < -0.4 is 10.6 Å². The Morgan fingerprint density at radius 3 is 2.47 bits per heavy atom. The van der Waals surface area contributed by atoms with Crippen molar-refractivity contribution in [3.05, 3.63) is 24.0 Å². The van der Waals surface area contributed by atoms with E-state index in [2.05, 4.69) is 4.98 Å². The van der Waals surface area contributed by atoms with E-state index in [0.717, 1.165) is 4.90 Å². The first kappa shape index (κ1) is 13.7. The molecule has 0 bridgehead atoms. The lowest BCUT2D eigenvalue weighted by atomic mass is 10.3. The Morgan fingerprint density at radius 2 is 2.06 bits per heavy atom. The topological polar surface area (TPSA) is 62.4 Å². The lowest BCUT2D eigenvalue weighted by molar-refractivity contribution is -0.119. The van der Waals surface area contributed by atoms with Gasteiger partial charge in [0.1, 0.15) is 6.54 Å². The third-order valence-electron chi connectivity index (χ3n) is 2.12. The molecular weight excluding hydrogens is 235 g/mol. The summed E-state index contributed by atoms with van der Waals surface area (Å²) in [4.78, 5) is 4.94. The van der Waals surface area contributed by atoms with Gasteiger partial charge in [-0.15, -0.1) is 0 Å². The Labute approximate surface area is 96.9 Å². The van der Waals surface area contributed by atoms with Crippen molar-refractivity contribution in [2.24, 2.45) is 5.73 Å². The minimum atomic E-state index is -4.32. The summed E-state index contributed by atoms with van der Waals surface area (Å²) in [6.07, 6.45) is -2.99. The van der Waals surface area contributed by atoms with E-state index in [1.54, 1.807) is 6.07 Å². The molecule has 0 saturated heterocycles. The van der Waals surface area contributed by atoms with Gasteiger partial charge in [0.25, 0.3) is 0 Å². The molecule has 1 heterocycles. The average molecular weight is 249 g/mol. The predicted molar refractivity (Wildman–Crippen MR) is 57.5 cm³/mol. The number of pyridine rings is 1. The maximum atomic E-state index is 12.3. The number of hydrogen-bond donors (Lipinski definition) is 2. The number of rotatable bonds is 5. The SMILES string of the molecule is NCc1ccc(N(CCO)CC(F)(F)F)cn1. The van der Waals surface area contributed by atoms with Crippen molar-refractivity contribution in [3.8, 4) is 0 Å². The van der Waals surface area contributed by atoms with E-state index in [0.29, 0.717) is 11.4 Å². The van der Waals surface area contributed by atoms with Crippen LogP contribution in [0.25, 0.3) is 0 Å². The summed E-state index contributed by atoms with van der Waals surface area (Å²) in [5.41, 5.74) is 6.26. The number of nitrogens with zero attached hydrogens (tertiary/aromatic N) is 2. The zero-order valence-electron chi connectivity index (χ0n) is 9.11.